The van der Waals surface area contributed by atoms with E-state index in [0.717, 1.165) is 23.9 Å². The molecule has 1 aliphatic rings. The summed E-state index contributed by atoms with van der Waals surface area (Å²) in [4.78, 5) is 1.67. The molecule has 0 atom stereocenters. The maximum atomic E-state index is 6.12. The first-order chi connectivity index (χ1) is 8.25. The molecular formula is C14H21ClNO+. The van der Waals surface area contributed by atoms with Crippen molar-refractivity contribution in [3.8, 4) is 5.75 Å². The van der Waals surface area contributed by atoms with E-state index in [2.05, 4.69) is 0 Å². The van der Waals surface area contributed by atoms with E-state index in [0.29, 0.717) is 0 Å². The van der Waals surface area contributed by atoms with E-state index in [-0.39, 0.29) is 0 Å². The molecule has 2 rings (SSSR count). The van der Waals surface area contributed by atoms with Crippen molar-refractivity contribution in [2.45, 2.75) is 26.2 Å². The van der Waals surface area contributed by atoms with Crippen molar-refractivity contribution < 1.29 is 9.64 Å². The van der Waals surface area contributed by atoms with E-state index in [1.54, 1.807) is 4.90 Å². The van der Waals surface area contributed by atoms with Crippen molar-refractivity contribution in [2.75, 3.05) is 26.2 Å². The van der Waals surface area contributed by atoms with E-state index < -0.39 is 0 Å². The summed E-state index contributed by atoms with van der Waals surface area (Å²) in [5, 5.41) is 0.721. The molecule has 1 aromatic rings. The normalized spacial score (nSPS) is 17.1. The van der Waals surface area contributed by atoms with Crippen molar-refractivity contribution in [3.05, 3.63) is 28.8 Å². The monoisotopic (exact) mass is 254 g/mol. The molecule has 3 heteroatoms. The molecule has 0 spiro atoms. The Morgan fingerprint density at radius 2 is 2.00 bits per heavy atom. The van der Waals surface area contributed by atoms with Crippen LogP contribution in [0.2, 0.25) is 5.02 Å². The molecular weight excluding hydrogens is 234 g/mol. The lowest BCUT2D eigenvalue weighted by Gasteiger charge is -2.23. The molecule has 0 unspecified atom stereocenters. The van der Waals surface area contributed by atoms with Gasteiger partial charge in [-0.05, 0) is 43.9 Å². The molecule has 17 heavy (non-hydrogen) atoms. The molecule has 0 aliphatic carbocycles. The molecule has 1 heterocycles. The lowest BCUT2D eigenvalue weighted by atomic mass is 10.1. The van der Waals surface area contributed by atoms with Gasteiger partial charge in [0, 0.05) is 0 Å². The molecule has 0 bridgehead atoms. The predicted octanol–water partition coefficient (Wildman–Crippen LogP) is 2.10. The number of rotatable bonds is 4. The minimum absolute atomic E-state index is 0.721. The maximum absolute atomic E-state index is 6.12. The molecule has 0 aromatic heterocycles. The van der Waals surface area contributed by atoms with Gasteiger partial charge in [-0.25, -0.2) is 0 Å². The van der Waals surface area contributed by atoms with Gasteiger partial charge in [0.05, 0.1) is 18.1 Å². The Balaban J connectivity index is 1.77. The summed E-state index contributed by atoms with van der Waals surface area (Å²) < 4.78 is 5.74. The van der Waals surface area contributed by atoms with Gasteiger partial charge >= 0.3 is 0 Å². The minimum Gasteiger partial charge on any atom is -0.486 e. The summed E-state index contributed by atoms with van der Waals surface area (Å²) in [6, 6.07) is 5.95. The Bertz CT molecular complexity index is 361. The second-order valence-corrected chi connectivity index (χ2v) is 5.25. The Morgan fingerprint density at radius 3 is 2.71 bits per heavy atom. The van der Waals surface area contributed by atoms with Gasteiger partial charge in [-0.1, -0.05) is 17.7 Å². The van der Waals surface area contributed by atoms with Crippen LogP contribution < -0.4 is 9.64 Å². The standard InChI is InChI=1S/C14H20ClNO/c1-12-5-6-14(13(15)11-12)17-10-9-16-7-3-2-4-8-16/h5-6,11H,2-4,7-10H2,1H3/p+1. The highest BCUT2D eigenvalue weighted by molar-refractivity contribution is 6.32. The third kappa shape index (κ3) is 3.90. The fourth-order valence-electron chi connectivity index (χ4n) is 2.33. The topological polar surface area (TPSA) is 13.7 Å². The molecule has 0 radical (unpaired) electrons. The van der Waals surface area contributed by atoms with E-state index in [4.69, 9.17) is 16.3 Å². The van der Waals surface area contributed by atoms with Gasteiger partial charge in [-0.15, -0.1) is 0 Å². The SMILES string of the molecule is Cc1ccc(OCC[NH+]2CCCCC2)c(Cl)c1. The van der Waals surface area contributed by atoms with Gasteiger partial charge in [0.25, 0.3) is 0 Å². The van der Waals surface area contributed by atoms with Crippen LogP contribution in [0.1, 0.15) is 24.8 Å². The van der Waals surface area contributed by atoms with Crippen LogP contribution in [0, 0.1) is 6.92 Å². The fraction of sp³-hybridized carbons (Fsp3) is 0.571. The smallest absolute Gasteiger partial charge is 0.138 e. The number of likely N-dealkylation sites (tertiary alicyclic amines) is 1. The number of aryl methyl sites for hydroxylation is 1. The van der Waals surface area contributed by atoms with Crippen LogP contribution in [0.4, 0.5) is 0 Å². The van der Waals surface area contributed by atoms with Crippen LogP contribution in [0.15, 0.2) is 18.2 Å². The summed E-state index contributed by atoms with van der Waals surface area (Å²) >= 11 is 6.12. The lowest BCUT2D eigenvalue weighted by Crippen LogP contribution is -3.13. The van der Waals surface area contributed by atoms with Crippen LogP contribution in [-0.4, -0.2) is 26.2 Å². The number of hydrogen-bond donors (Lipinski definition) is 1. The molecule has 2 nitrogen and oxygen atoms in total. The second kappa shape index (κ2) is 6.27. The van der Waals surface area contributed by atoms with Crippen molar-refractivity contribution >= 4 is 11.6 Å². The van der Waals surface area contributed by atoms with Gasteiger partial charge < -0.3 is 9.64 Å². The van der Waals surface area contributed by atoms with Crippen molar-refractivity contribution in [1.29, 1.82) is 0 Å². The van der Waals surface area contributed by atoms with Crippen molar-refractivity contribution in [1.82, 2.24) is 0 Å². The summed E-state index contributed by atoms with van der Waals surface area (Å²) in [6.45, 7) is 6.48. The predicted molar refractivity (Wildman–Crippen MR) is 71.1 cm³/mol. The first kappa shape index (κ1) is 12.7. The molecule has 1 saturated heterocycles. The first-order valence-corrected chi connectivity index (χ1v) is 6.86. The Morgan fingerprint density at radius 1 is 1.24 bits per heavy atom. The number of benzene rings is 1. The van der Waals surface area contributed by atoms with Crippen LogP contribution in [0.5, 0.6) is 5.75 Å². The summed E-state index contributed by atoms with van der Waals surface area (Å²) in [6.07, 6.45) is 4.12. The van der Waals surface area contributed by atoms with Gasteiger partial charge in [0.2, 0.25) is 0 Å². The fourth-order valence-corrected chi connectivity index (χ4v) is 2.62. The highest BCUT2D eigenvalue weighted by Gasteiger charge is 2.13. The van der Waals surface area contributed by atoms with Gasteiger partial charge in [-0.2, -0.15) is 0 Å². The average molecular weight is 255 g/mol. The van der Waals surface area contributed by atoms with E-state index >= 15 is 0 Å². The third-order valence-electron chi connectivity index (χ3n) is 3.36. The van der Waals surface area contributed by atoms with Crippen LogP contribution in [0.3, 0.4) is 0 Å². The minimum atomic E-state index is 0.721. The van der Waals surface area contributed by atoms with Crippen molar-refractivity contribution in [2.24, 2.45) is 0 Å². The zero-order chi connectivity index (χ0) is 12.1. The number of ether oxygens (including phenoxy) is 1. The molecule has 1 aliphatic heterocycles. The Labute approximate surface area is 109 Å². The van der Waals surface area contributed by atoms with Crippen LogP contribution >= 0.6 is 11.6 Å². The van der Waals surface area contributed by atoms with E-state index in [9.17, 15) is 0 Å². The van der Waals surface area contributed by atoms with Gasteiger partial charge in [0.15, 0.2) is 0 Å². The number of piperidine rings is 1. The lowest BCUT2D eigenvalue weighted by molar-refractivity contribution is -0.904. The highest BCUT2D eigenvalue weighted by atomic mass is 35.5. The number of hydrogen-bond acceptors (Lipinski definition) is 1. The zero-order valence-corrected chi connectivity index (χ0v) is 11.2. The molecule has 0 amide bonds. The van der Waals surface area contributed by atoms with Gasteiger partial charge in [0.1, 0.15) is 18.9 Å². The third-order valence-corrected chi connectivity index (χ3v) is 3.66. The molecule has 1 N–H and O–H groups in total. The molecule has 1 fully saturated rings. The second-order valence-electron chi connectivity index (χ2n) is 4.84. The maximum Gasteiger partial charge on any atom is 0.138 e. The molecule has 94 valence electrons. The highest BCUT2D eigenvalue weighted by Crippen LogP contribution is 2.24. The number of quaternary nitrogens is 1. The van der Waals surface area contributed by atoms with E-state index in [1.165, 1.54) is 37.9 Å². The average Bonchev–Trinajstić information content (AvgIpc) is 2.33. The van der Waals surface area contributed by atoms with Crippen LogP contribution in [0.25, 0.3) is 0 Å². The largest absolute Gasteiger partial charge is 0.486 e. The summed E-state index contributed by atoms with van der Waals surface area (Å²) in [7, 11) is 0. The van der Waals surface area contributed by atoms with Crippen molar-refractivity contribution in [3.63, 3.8) is 0 Å². The summed E-state index contributed by atoms with van der Waals surface area (Å²) in [5.41, 5.74) is 1.17. The molecule has 0 saturated carbocycles. The zero-order valence-electron chi connectivity index (χ0n) is 10.5. The number of nitrogens with one attached hydrogen (secondary N) is 1. The van der Waals surface area contributed by atoms with E-state index in [1.807, 2.05) is 25.1 Å². The van der Waals surface area contributed by atoms with Gasteiger partial charge in [-0.3, -0.25) is 0 Å². The Hall–Kier alpha value is -0.730. The Kier molecular flexibility index (Phi) is 4.69. The summed E-state index contributed by atoms with van der Waals surface area (Å²) in [5.74, 6) is 0.814. The number of halogens is 1. The van der Waals surface area contributed by atoms with Crippen LogP contribution in [-0.2, 0) is 0 Å². The first-order valence-electron chi connectivity index (χ1n) is 6.48. The quantitative estimate of drug-likeness (QED) is 0.869. The molecule has 1 aromatic carbocycles.